The molecule has 10 heteroatoms. The fourth-order valence-corrected chi connectivity index (χ4v) is 3.36. The second-order valence-electron chi connectivity index (χ2n) is 7.97. The Morgan fingerprint density at radius 2 is 1.45 bits per heavy atom. The van der Waals surface area contributed by atoms with E-state index in [-0.39, 0.29) is 0 Å². The van der Waals surface area contributed by atoms with Gasteiger partial charge in [0.2, 0.25) is 0 Å². The number of aliphatic carboxylic acids is 1. The molecule has 5 rings (SSSR count). The Morgan fingerprint density at radius 1 is 0.842 bits per heavy atom. The third kappa shape index (κ3) is 7.10. The highest BCUT2D eigenvalue weighted by Gasteiger charge is 2.38. The molecule has 0 atom stereocenters. The first-order chi connectivity index (χ1) is 18.3. The fraction of sp³-hybridized carbons (Fsp3) is 0.107. The molecule has 0 aliphatic rings. The fourth-order valence-electron chi connectivity index (χ4n) is 3.36. The lowest BCUT2D eigenvalue weighted by Crippen LogP contribution is -2.21. The Morgan fingerprint density at radius 3 is 2.03 bits per heavy atom. The van der Waals surface area contributed by atoms with Crippen LogP contribution in [-0.4, -0.2) is 32.2 Å². The number of carboxylic acid groups (broad SMARTS) is 1. The minimum atomic E-state index is -5.08. The molecular formula is C28H22F3N3O4. The van der Waals surface area contributed by atoms with Crippen molar-refractivity contribution in [1.82, 2.24) is 15.0 Å². The summed E-state index contributed by atoms with van der Waals surface area (Å²) in [5.74, 6) is -0.580. The van der Waals surface area contributed by atoms with Crippen molar-refractivity contribution in [1.29, 1.82) is 0 Å². The second kappa shape index (κ2) is 11.9. The predicted molar refractivity (Wildman–Crippen MR) is 135 cm³/mol. The largest absolute Gasteiger partial charge is 0.490 e. The number of ether oxygens (including phenoxy) is 2. The van der Waals surface area contributed by atoms with Crippen molar-refractivity contribution in [3.63, 3.8) is 0 Å². The highest BCUT2D eigenvalue weighted by Crippen LogP contribution is 2.33. The number of aromatic amines is 1. The van der Waals surface area contributed by atoms with Crippen LogP contribution in [0.5, 0.6) is 11.5 Å². The highest BCUT2D eigenvalue weighted by atomic mass is 19.4. The third-order valence-corrected chi connectivity index (χ3v) is 5.19. The van der Waals surface area contributed by atoms with E-state index >= 15 is 0 Å². The second-order valence-corrected chi connectivity index (χ2v) is 7.97. The summed E-state index contributed by atoms with van der Waals surface area (Å²) in [6, 6.07) is 29.8. The number of nitrogens with one attached hydrogen (secondary N) is 1. The van der Waals surface area contributed by atoms with Gasteiger partial charge in [-0.25, -0.2) is 14.8 Å². The molecule has 38 heavy (non-hydrogen) atoms. The van der Waals surface area contributed by atoms with Gasteiger partial charge in [-0.3, -0.25) is 0 Å². The maximum absolute atomic E-state index is 10.6. The van der Waals surface area contributed by atoms with Gasteiger partial charge in [0.15, 0.2) is 5.65 Å². The Bertz CT molecular complexity index is 1460. The molecule has 0 amide bonds. The molecule has 5 aromatic rings. The van der Waals surface area contributed by atoms with Crippen molar-refractivity contribution in [3.8, 4) is 22.9 Å². The Labute approximate surface area is 215 Å². The van der Waals surface area contributed by atoms with Gasteiger partial charge in [0.05, 0.1) is 5.56 Å². The molecule has 2 aromatic heterocycles. The number of alkyl halides is 3. The number of carboxylic acids is 1. The topological polar surface area (TPSA) is 97.3 Å². The van der Waals surface area contributed by atoms with Crippen LogP contribution in [0.3, 0.4) is 0 Å². The number of halogens is 3. The van der Waals surface area contributed by atoms with Crippen LogP contribution in [0.1, 0.15) is 11.1 Å². The molecule has 0 bridgehead atoms. The standard InChI is InChI=1S/C26H21N3O2.C2HF3O2/c1-3-8-19(9-4-1)17-30-21-13-14-24(31-18-20-10-5-2-6-11-20)22(16-21)25-28-23-12-7-15-27-26(23)29-25;3-2(4,5)1(6)7/h1-16H,17-18H2,(H,27,28,29);(H,6,7). The molecule has 2 heterocycles. The summed E-state index contributed by atoms with van der Waals surface area (Å²) in [4.78, 5) is 21.3. The zero-order chi connectivity index (χ0) is 27.0. The van der Waals surface area contributed by atoms with Crippen LogP contribution in [0.15, 0.2) is 97.2 Å². The maximum atomic E-state index is 10.6. The molecular weight excluding hydrogens is 499 g/mol. The number of aromatic nitrogens is 3. The van der Waals surface area contributed by atoms with Crippen molar-refractivity contribution in [2.75, 3.05) is 0 Å². The summed E-state index contributed by atoms with van der Waals surface area (Å²) in [5.41, 5.74) is 4.59. The lowest BCUT2D eigenvalue weighted by molar-refractivity contribution is -0.192. The summed E-state index contributed by atoms with van der Waals surface area (Å²) < 4.78 is 43.9. The average molecular weight is 521 g/mol. The number of benzene rings is 3. The van der Waals surface area contributed by atoms with Gasteiger partial charge in [-0.2, -0.15) is 13.2 Å². The summed E-state index contributed by atoms with van der Waals surface area (Å²) in [7, 11) is 0. The van der Waals surface area contributed by atoms with Gasteiger partial charge in [0.25, 0.3) is 0 Å². The monoisotopic (exact) mass is 521 g/mol. The number of nitrogens with zero attached hydrogens (tertiary/aromatic N) is 2. The van der Waals surface area contributed by atoms with E-state index in [0.717, 1.165) is 39.4 Å². The van der Waals surface area contributed by atoms with E-state index in [1.54, 1.807) is 6.20 Å². The zero-order valence-corrected chi connectivity index (χ0v) is 19.9. The van der Waals surface area contributed by atoms with Gasteiger partial charge in [-0.05, 0) is 41.5 Å². The first kappa shape index (κ1) is 26.2. The summed E-state index contributed by atoms with van der Waals surface area (Å²) in [6.45, 7) is 0.961. The van der Waals surface area contributed by atoms with Crippen LogP contribution in [0, 0.1) is 0 Å². The normalized spacial score (nSPS) is 10.9. The van der Waals surface area contributed by atoms with Crippen LogP contribution >= 0.6 is 0 Å². The molecule has 2 N–H and O–H groups in total. The zero-order valence-electron chi connectivity index (χ0n) is 19.9. The summed E-state index contributed by atoms with van der Waals surface area (Å²) in [6.07, 6.45) is -3.34. The Balaban J connectivity index is 0.000000426. The lowest BCUT2D eigenvalue weighted by Gasteiger charge is -2.13. The number of rotatable bonds is 7. The third-order valence-electron chi connectivity index (χ3n) is 5.19. The number of hydrogen-bond acceptors (Lipinski definition) is 5. The molecule has 0 saturated carbocycles. The van der Waals surface area contributed by atoms with E-state index in [9.17, 15) is 13.2 Å². The first-order valence-corrected chi connectivity index (χ1v) is 11.4. The smallest absolute Gasteiger partial charge is 0.489 e. The van der Waals surface area contributed by atoms with Crippen LogP contribution in [0.2, 0.25) is 0 Å². The number of H-pyrrole nitrogens is 1. The van der Waals surface area contributed by atoms with Gasteiger partial charge in [0, 0.05) is 6.20 Å². The van der Waals surface area contributed by atoms with Crippen LogP contribution < -0.4 is 9.47 Å². The van der Waals surface area contributed by atoms with Crippen LogP contribution in [0.25, 0.3) is 22.6 Å². The number of carbonyl (C=O) groups is 1. The van der Waals surface area contributed by atoms with E-state index in [1.165, 1.54) is 0 Å². The van der Waals surface area contributed by atoms with E-state index in [4.69, 9.17) is 24.4 Å². The maximum Gasteiger partial charge on any atom is 0.490 e. The van der Waals surface area contributed by atoms with Crippen LogP contribution in [0.4, 0.5) is 13.2 Å². The molecule has 0 unspecified atom stereocenters. The van der Waals surface area contributed by atoms with Gasteiger partial charge in [0.1, 0.15) is 36.1 Å². The summed E-state index contributed by atoms with van der Waals surface area (Å²) >= 11 is 0. The number of fused-ring (bicyclic) bond motifs is 1. The van der Waals surface area contributed by atoms with E-state index < -0.39 is 12.1 Å². The SMILES string of the molecule is O=C(O)C(F)(F)F.c1ccc(COc2ccc(OCc3ccccc3)c(-c3nc4cccnc4[nH]3)c2)cc1. The molecule has 7 nitrogen and oxygen atoms in total. The van der Waals surface area contributed by atoms with E-state index in [2.05, 4.69) is 9.97 Å². The molecule has 3 aromatic carbocycles. The Hall–Kier alpha value is -4.86. The minimum Gasteiger partial charge on any atom is -0.489 e. The van der Waals surface area contributed by atoms with E-state index in [0.29, 0.717) is 19.0 Å². The molecule has 0 spiro atoms. The first-order valence-electron chi connectivity index (χ1n) is 11.4. The summed E-state index contributed by atoms with van der Waals surface area (Å²) in [5, 5.41) is 7.12. The van der Waals surface area contributed by atoms with Crippen molar-refractivity contribution in [3.05, 3.63) is 108 Å². The quantitative estimate of drug-likeness (QED) is 0.257. The minimum absolute atomic E-state index is 0.469. The molecule has 0 aliphatic heterocycles. The number of hydrogen-bond donors (Lipinski definition) is 2. The molecule has 0 radical (unpaired) electrons. The van der Waals surface area contributed by atoms with Crippen molar-refractivity contribution < 1.29 is 32.5 Å². The van der Waals surface area contributed by atoms with Gasteiger partial charge in [-0.1, -0.05) is 60.7 Å². The Kier molecular flexibility index (Phi) is 8.22. The molecule has 194 valence electrons. The predicted octanol–water partition coefficient (Wildman–Crippen LogP) is 6.42. The van der Waals surface area contributed by atoms with E-state index in [1.807, 2.05) is 91.0 Å². The van der Waals surface area contributed by atoms with Gasteiger partial charge < -0.3 is 19.6 Å². The number of imidazole rings is 1. The van der Waals surface area contributed by atoms with Crippen molar-refractivity contribution in [2.45, 2.75) is 19.4 Å². The molecule has 0 fully saturated rings. The van der Waals surface area contributed by atoms with Gasteiger partial charge >= 0.3 is 12.1 Å². The van der Waals surface area contributed by atoms with Crippen molar-refractivity contribution in [2.24, 2.45) is 0 Å². The molecule has 0 aliphatic carbocycles. The van der Waals surface area contributed by atoms with Gasteiger partial charge in [-0.15, -0.1) is 0 Å². The number of pyridine rings is 1. The lowest BCUT2D eigenvalue weighted by atomic mass is 10.1. The van der Waals surface area contributed by atoms with Crippen LogP contribution in [-0.2, 0) is 18.0 Å². The molecule has 0 saturated heterocycles. The average Bonchev–Trinajstić information content (AvgIpc) is 3.36. The van der Waals surface area contributed by atoms with Crippen molar-refractivity contribution >= 4 is 17.1 Å². The highest BCUT2D eigenvalue weighted by molar-refractivity contribution is 5.78.